The molecule has 0 heterocycles. The van der Waals surface area contributed by atoms with E-state index in [0.717, 1.165) is 13.1 Å². The van der Waals surface area contributed by atoms with Crippen LogP contribution >= 0.6 is 0 Å². The maximum atomic E-state index is 8.58. The van der Waals surface area contributed by atoms with Gasteiger partial charge in [0.2, 0.25) is 0 Å². The molecule has 0 aromatic rings. The number of aliphatic hydroxyl groups excluding tert-OH is 1. The lowest BCUT2D eigenvalue weighted by molar-refractivity contribution is 0.0939. The molecular formula is C22H45NO2. The Morgan fingerprint density at radius 1 is 0.680 bits per heavy atom. The zero-order valence-corrected chi connectivity index (χ0v) is 16.9. The zero-order valence-electron chi connectivity index (χ0n) is 16.9. The number of allylic oxidation sites excluding steroid dienone is 2. The molecule has 0 fully saturated rings. The fraction of sp³-hybridized carbons (Fsp3) is 0.909. The third-order valence-corrected chi connectivity index (χ3v) is 4.52. The molecule has 0 amide bonds. The Kier molecular flexibility index (Phi) is 23.3. The topological polar surface area (TPSA) is 41.5 Å². The predicted octanol–water partition coefficient (Wildman–Crippen LogP) is 5.62. The van der Waals surface area contributed by atoms with E-state index in [2.05, 4.69) is 24.4 Å². The molecule has 0 aliphatic rings. The molecule has 0 saturated heterocycles. The molecule has 0 aromatic heterocycles. The summed E-state index contributed by atoms with van der Waals surface area (Å²) < 4.78 is 5.20. The van der Waals surface area contributed by atoms with Crippen LogP contribution in [0, 0.1) is 0 Å². The molecule has 0 radical (unpaired) electrons. The minimum absolute atomic E-state index is 0.120. The maximum Gasteiger partial charge on any atom is 0.0698 e. The molecule has 0 bridgehead atoms. The van der Waals surface area contributed by atoms with E-state index in [4.69, 9.17) is 9.84 Å². The van der Waals surface area contributed by atoms with E-state index < -0.39 is 0 Å². The van der Waals surface area contributed by atoms with E-state index in [1.165, 1.54) is 89.9 Å². The summed E-state index contributed by atoms with van der Waals surface area (Å²) in [5.41, 5.74) is 0. The van der Waals surface area contributed by atoms with Crippen molar-refractivity contribution in [3.63, 3.8) is 0 Å². The molecule has 25 heavy (non-hydrogen) atoms. The summed E-state index contributed by atoms with van der Waals surface area (Å²) in [5.74, 6) is 0. The van der Waals surface area contributed by atoms with Crippen LogP contribution in [0.25, 0.3) is 0 Å². The van der Waals surface area contributed by atoms with Crippen molar-refractivity contribution in [2.45, 2.75) is 96.8 Å². The standard InChI is InChI=1S/C22H45NO2/c1-2-3-4-5-6-7-8-9-10-11-12-13-14-15-16-17-18-23-19-21-25-22-20-24/h9-10,23-24H,2-8,11-22H2,1H3. The van der Waals surface area contributed by atoms with Gasteiger partial charge >= 0.3 is 0 Å². The normalized spacial score (nSPS) is 11.6. The van der Waals surface area contributed by atoms with Gasteiger partial charge in [0.15, 0.2) is 0 Å². The Balaban J connectivity index is 3.03. The molecule has 3 heteroatoms. The number of aliphatic hydroxyl groups is 1. The van der Waals surface area contributed by atoms with Crippen molar-refractivity contribution >= 4 is 0 Å². The maximum absolute atomic E-state index is 8.58. The lowest BCUT2D eigenvalue weighted by Crippen LogP contribution is -2.21. The smallest absolute Gasteiger partial charge is 0.0698 e. The van der Waals surface area contributed by atoms with Crippen LogP contribution in [0.4, 0.5) is 0 Å². The predicted molar refractivity (Wildman–Crippen MR) is 110 cm³/mol. The first kappa shape index (κ1) is 24.6. The summed E-state index contributed by atoms with van der Waals surface area (Å²) in [6.07, 6.45) is 23.8. The van der Waals surface area contributed by atoms with Crippen molar-refractivity contribution < 1.29 is 9.84 Å². The summed E-state index contributed by atoms with van der Waals surface area (Å²) >= 11 is 0. The molecule has 0 rings (SSSR count). The minimum Gasteiger partial charge on any atom is -0.394 e. The van der Waals surface area contributed by atoms with Gasteiger partial charge < -0.3 is 15.2 Å². The Hall–Kier alpha value is -0.380. The SMILES string of the molecule is CCCCCCCCC=CCCCCCCCCNCCOCCO. The number of ether oxygens (including phenoxy) is 1. The second kappa shape index (κ2) is 23.6. The van der Waals surface area contributed by atoms with Crippen molar-refractivity contribution in [1.82, 2.24) is 5.32 Å². The average molecular weight is 356 g/mol. The second-order valence-electron chi connectivity index (χ2n) is 7.02. The van der Waals surface area contributed by atoms with Gasteiger partial charge in [-0.05, 0) is 38.6 Å². The van der Waals surface area contributed by atoms with E-state index >= 15 is 0 Å². The lowest BCUT2D eigenvalue weighted by atomic mass is 10.1. The van der Waals surface area contributed by atoms with Gasteiger partial charge in [-0.15, -0.1) is 0 Å². The summed E-state index contributed by atoms with van der Waals surface area (Å²) in [5, 5.41) is 12.0. The highest BCUT2D eigenvalue weighted by molar-refractivity contribution is 4.81. The Morgan fingerprint density at radius 2 is 1.24 bits per heavy atom. The second-order valence-corrected chi connectivity index (χ2v) is 7.02. The number of rotatable bonds is 21. The van der Waals surface area contributed by atoms with Gasteiger partial charge in [-0.2, -0.15) is 0 Å². The first-order valence-electron chi connectivity index (χ1n) is 11.0. The number of hydrogen-bond donors (Lipinski definition) is 2. The van der Waals surface area contributed by atoms with Crippen molar-refractivity contribution in [2.75, 3.05) is 32.9 Å². The van der Waals surface area contributed by atoms with Crippen LogP contribution in [0.5, 0.6) is 0 Å². The molecule has 2 N–H and O–H groups in total. The van der Waals surface area contributed by atoms with Crippen LogP contribution < -0.4 is 5.32 Å². The average Bonchev–Trinajstić information content (AvgIpc) is 2.63. The molecule has 0 aliphatic heterocycles. The molecule has 0 atom stereocenters. The molecule has 150 valence electrons. The van der Waals surface area contributed by atoms with Gasteiger partial charge in [0.05, 0.1) is 19.8 Å². The third-order valence-electron chi connectivity index (χ3n) is 4.52. The van der Waals surface area contributed by atoms with E-state index in [0.29, 0.717) is 13.2 Å². The number of unbranched alkanes of at least 4 members (excludes halogenated alkanes) is 12. The van der Waals surface area contributed by atoms with Crippen LogP contribution in [0.2, 0.25) is 0 Å². The first-order chi connectivity index (χ1) is 12.4. The van der Waals surface area contributed by atoms with Crippen LogP contribution in [-0.2, 0) is 4.74 Å². The molecule has 0 unspecified atom stereocenters. The van der Waals surface area contributed by atoms with E-state index in [1.54, 1.807) is 0 Å². The van der Waals surface area contributed by atoms with Gasteiger partial charge in [0.1, 0.15) is 0 Å². The van der Waals surface area contributed by atoms with Gasteiger partial charge in [0, 0.05) is 6.54 Å². The van der Waals surface area contributed by atoms with Crippen molar-refractivity contribution in [3.8, 4) is 0 Å². The van der Waals surface area contributed by atoms with E-state index in [1.807, 2.05) is 0 Å². The van der Waals surface area contributed by atoms with Crippen LogP contribution in [0.15, 0.2) is 12.2 Å². The fourth-order valence-corrected chi connectivity index (χ4v) is 2.93. The highest BCUT2D eigenvalue weighted by Gasteiger charge is 1.92. The highest BCUT2D eigenvalue weighted by Crippen LogP contribution is 2.09. The van der Waals surface area contributed by atoms with Crippen molar-refractivity contribution in [2.24, 2.45) is 0 Å². The number of hydrogen-bond acceptors (Lipinski definition) is 3. The molecule has 3 nitrogen and oxygen atoms in total. The summed E-state index contributed by atoms with van der Waals surface area (Å²) in [6, 6.07) is 0. The summed E-state index contributed by atoms with van der Waals surface area (Å²) in [6.45, 7) is 5.53. The Labute approximate surface area is 157 Å². The Bertz CT molecular complexity index is 256. The third kappa shape index (κ3) is 23.6. The van der Waals surface area contributed by atoms with E-state index in [-0.39, 0.29) is 6.61 Å². The van der Waals surface area contributed by atoms with Crippen molar-refractivity contribution in [3.05, 3.63) is 12.2 Å². The van der Waals surface area contributed by atoms with Gasteiger partial charge in [0.25, 0.3) is 0 Å². The monoisotopic (exact) mass is 355 g/mol. The zero-order chi connectivity index (χ0) is 18.3. The summed E-state index contributed by atoms with van der Waals surface area (Å²) in [7, 11) is 0. The van der Waals surface area contributed by atoms with Crippen LogP contribution in [0.3, 0.4) is 0 Å². The molecule has 0 aromatic carbocycles. The fourth-order valence-electron chi connectivity index (χ4n) is 2.93. The molecule has 0 saturated carbocycles. The highest BCUT2D eigenvalue weighted by atomic mass is 16.5. The van der Waals surface area contributed by atoms with Crippen LogP contribution in [0.1, 0.15) is 96.8 Å². The van der Waals surface area contributed by atoms with Gasteiger partial charge in [-0.25, -0.2) is 0 Å². The molecule has 0 aliphatic carbocycles. The molecule has 0 spiro atoms. The quantitative estimate of drug-likeness (QED) is 0.207. The summed E-state index contributed by atoms with van der Waals surface area (Å²) in [4.78, 5) is 0. The number of nitrogens with one attached hydrogen (secondary N) is 1. The van der Waals surface area contributed by atoms with Gasteiger partial charge in [-0.1, -0.05) is 76.9 Å². The Morgan fingerprint density at radius 3 is 1.84 bits per heavy atom. The first-order valence-corrected chi connectivity index (χ1v) is 11.0. The lowest BCUT2D eigenvalue weighted by Gasteiger charge is -2.05. The van der Waals surface area contributed by atoms with Crippen molar-refractivity contribution in [1.29, 1.82) is 0 Å². The largest absolute Gasteiger partial charge is 0.394 e. The van der Waals surface area contributed by atoms with E-state index in [9.17, 15) is 0 Å². The minimum atomic E-state index is 0.120. The molecular weight excluding hydrogens is 310 g/mol. The van der Waals surface area contributed by atoms with Crippen LogP contribution in [-0.4, -0.2) is 38.0 Å². The van der Waals surface area contributed by atoms with Gasteiger partial charge in [-0.3, -0.25) is 0 Å².